The van der Waals surface area contributed by atoms with Crippen LogP contribution in [-0.2, 0) is 16.1 Å². The number of benzene rings is 1. The summed E-state index contributed by atoms with van der Waals surface area (Å²) >= 11 is 0. The van der Waals surface area contributed by atoms with Gasteiger partial charge in [-0.25, -0.2) is 0 Å². The van der Waals surface area contributed by atoms with E-state index in [-0.39, 0.29) is 17.8 Å². The third-order valence-corrected chi connectivity index (χ3v) is 5.05. The standard InChI is InChI=1S/C21H26N2O5/c1-4-26-21(25)16-8-10-23(11-9-16)20(24)17-6-5-7-18(12-17)27-13-19-14(2)22-28-15(19)3/h5-7,12,16H,4,8-11,13H2,1-3H3. The van der Waals surface area contributed by atoms with Gasteiger partial charge in [0.05, 0.1) is 23.8 Å². The third-order valence-electron chi connectivity index (χ3n) is 5.05. The van der Waals surface area contributed by atoms with Gasteiger partial charge in [0.1, 0.15) is 18.1 Å². The van der Waals surface area contributed by atoms with Crippen molar-refractivity contribution in [2.75, 3.05) is 19.7 Å². The van der Waals surface area contributed by atoms with Crippen molar-refractivity contribution in [1.29, 1.82) is 0 Å². The molecule has 0 atom stereocenters. The molecule has 1 aliphatic rings. The predicted molar refractivity (Wildman–Crippen MR) is 102 cm³/mol. The summed E-state index contributed by atoms with van der Waals surface area (Å²) in [6.07, 6.45) is 1.26. The quantitative estimate of drug-likeness (QED) is 0.709. The van der Waals surface area contributed by atoms with Crippen molar-refractivity contribution in [3.8, 4) is 5.75 Å². The molecule has 1 amide bonds. The van der Waals surface area contributed by atoms with Crippen LogP contribution in [0.4, 0.5) is 0 Å². The Kier molecular flexibility index (Phi) is 6.34. The van der Waals surface area contributed by atoms with Crippen molar-refractivity contribution >= 4 is 11.9 Å². The SMILES string of the molecule is CCOC(=O)C1CCN(C(=O)c2cccc(OCc3c(C)noc3C)c2)CC1. The minimum absolute atomic E-state index is 0.0508. The van der Waals surface area contributed by atoms with Crippen LogP contribution in [0.15, 0.2) is 28.8 Å². The number of amides is 1. The first-order chi connectivity index (χ1) is 13.5. The molecule has 3 rings (SSSR count). The highest BCUT2D eigenvalue weighted by Crippen LogP contribution is 2.23. The predicted octanol–water partition coefficient (Wildman–Crippen LogP) is 3.29. The lowest BCUT2D eigenvalue weighted by molar-refractivity contribution is -0.149. The fourth-order valence-electron chi connectivity index (χ4n) is 3.34. The Morgan fingerprint density at radius 3 is 2.64 bits per heavy atom. The van der Waals surface area contributed by atoms with Crippen LogP contribution in [0.5, 0.6) is 5.75 Å². The first-order valence-electron chi connectivity index (χ1n) is 9.60. The fraction of sp³-hybridized carbons (Fsp3) is 0.476. The minimum Gasteiger partial charge on any atom is -0.489 e. The van der Waals surface area contributed by atoms with Crippen molar-refractivity contribution in [2.45, 2.75) is 40.2 Å². The zero-order chi connectivity index (χ0) is 20.1. The summed E-state index contributed by atoms with van der Waals surface area (Å²) in [7, 11) is 0. The Morgan fingerprint density at radius 2 is 2.00 bits per heavy atom. The smallest absolute Gasteiger partial charge is 0.309 e. The molecule has 1 aromatic heterocycles. The van der Waals surface area contributed by atoms with Gasteiger partial charge in [0.25, 0.3) is 5.91 Å². The monoisotopic (exact) mass is 386 g/mol. The second-order valence-electron chi connectivity index (χ2n) is 6.94. The van der Waals surface area contributed by atoms with Crippen LogP contribution in [0.1, 0.15) is 47.1 Å². The van der Waals surface area contributed by atoms with E-state index < -0.39 is 0 Å². The van der Waals surface area contributed by atoms with E-state index in [2.05, 4.69) is 5.16 Å². The maximum atomic E-state index is 12.8. The van der Waals surface area contributed by atoms with Gasteiger partial charge in [-0.2, -0.15) is 0 Å². The maximum absolute atomic E-state index is 12.8. The minimum atomic E-state index is -0.163. The van der Waals surface area contributed by atoms with Gasteiger partial charge in [-0.3, -0.25) is 9.59 Å². The number of piperidine rings is 1. The van der Waals surface area contributed by atoms with E-state index in [0.717, 1.165) is 17.0 Å². The normalized spacial score (nSPS) is 14.8. The van der Waals surface area contributed by atoms with Crippen LogP contribution in [0, 0.1) is 19.8 Å². The number of likely N-dealkylation sites (tertiary alicyclic amines) is 1. The average molecular weight is 386 g/mol. The largest absolute Gasteiger partial charge is 0.489 e. The first-order valence-corrected chi connectivity index (χ1v) is 9.60. The zero-order valence-corrected chi connectivity index (χ0v) is 16.6. The molecular formula is C21H26N2O5. The summed E-state index contributed by atoms with van der Waals surface area (Å²) in [5.74, 6) is 1.02. The van der Waals surface area contributed by atoms with E-state index in [1.165, 1.54) is 0 Å². The van der Waals surface area contributed by atoms with Crippen molar-refractivity contribution in [3.63, 3.8) is 0 Å². The summed E-state index contributed by atoms with van der Waals surface area (Å²) in [5, 5.41) is 3.92. The molecular weight excluding hydrogens is 360 g/mol. The van der Waals surface area contributed by atoms with Crippen LogP contribution >= 0.6 is 0 Å². The number of rotatable bonds is 6. The van der Waals surface area contributed by atoms with E-state index in [1.54, 1.807) is 30.0 Å². The molecule has 1 aliphatic heterocycles. The first kappa shape index (κ1) is 19.9. The van der Waals surface area contributed by atoms with Crippen molar-refractivity contribution in [1.82, 2.24) is 10.1 Å². The molecule has 0 radical (unpaired) electrons. The molecule has 1 saturated heterocycles. The van der Waals surface area contributed by atoms with E-state index in [0.29, 0.717) is 50.5 Å². The highest BCUT2D eigenvalue weighted by Gasteiger charge is 2.28. The summed E-state index contributed by atoms with van der Waals surface area (Å²) < 4.78 is 16.1. The lowest BCUT2D eigenvalue weighted by Gasteiger charge is -2.31. The molecule has 1 aromatic carbocycles. The van der Waals surface area contributed by atoms with Gasteiger partial charge in [0, 0.05) is 18.7 Å². The zero-order valence-electron chi connectivity index (χ0n) is 16.6. The molecule has 150 valence electrons. The van der Waals surface area contributed by atoms with E-state index in [1.807, 2.05) is 19.9 Å². The maximum Gasteiger partial charge on any atom is 0.309 e. The van der Waals surface area contributed by atoms with Gasteiger partial charge < -0.3 is 18.9 Å². The second kappa shape index (κ2) is 8.91. The average Bonchev–Trinajstić information content (AvgIpc) is 3.04. The van der Waals surface area contributed by atoms with E-state index in [9.17, 15) is 9.59 Å². The summed E-state index contributed by atoms with van der Waals surface area (Å²) in [6, 6.07) is 7.16. The van der Waals surface area contributed by atoms with Crippen LogP contribution in [-0.4, -0.2) is 41.6 Å². The van der Waals surface area contributed by atoms with Crippen molar-refractivity contribution < 1.29 is 23.6 Å². The molecule has 0 saturated carbocycles. The molecule has 7 nitrogen and oxygen atoms in total. The molecule has 2 heterocycles. The van der Waals surface area contributed by atoms with Gasteiger partial charge in [-0.1, -0.05) is 11.2 Å². The second-order valence-corrected chi connectivity index (χ2v) is 6.94. The summed E-state index contributed by atoms with van der Waals surface area (Å²) in [6.45, 7) is 7.34. The Morgan fingerprint density at radius 1 is 1.25 bits per heavy atom. The number of nitrogens with zero attached hydrogens (tertiary/aromatic N) is 2. The van der Waals surface area contributed by atoms with Crippen LogP contribution in [0.2, 0.25) is 0 Å². The van der Waals surface area contributed by atoms with E-state index in [4.69, 9.17) is 14.0 Å². The highest BCUT2D eigenvalue weighted by atomic mass is 16.5. The molecule has 0 aliphatic carbocycles. The topological polar surface area (TPSA) is 81.9 Å². The lowest BCUT2D eigenvalue weighted by Crippen LogP contribution is -2.40. The van der Waals surface area contributed by atoms with Crippen LogP contribution in [0.3, 0.4) is 0 Å². The number of aryl methyl sites for hydroxylation is 2. The molecule has 7 heteroatoms. The van der Waals surface area contributed by atoms with E-state index >= 15 is 0 Å². The highest BCUT2D eigenvalue weighted by molar-refractivity contribution is 5.94. The Hall–Kier alpha value is -2.83. The Balaban J connectivity index is 1.59. The molecule has 1 fully saturated rings. The number of carbonyl (C=O) groups is 2. The van der Waals surface area contributed by atoms with Gasteiger partial charge in [-0.05, 0) is 51.8 Å². The van der Waals surface area contributed by atoms with Gasteiger partial charge in [0.2, 0.25) is 0 Å². The summed E-state index contributed by atoms with van der Waals surface area (Å²) in [5.41, 5.74) is 2.29. The van der Waals surface area contributed by atoms with Crippen molar-refractivity contribution in [3.05, 3.63) is 46.8 Å². The van der Waals surface area contributed by atoms with Gasteiger partial charge in [-0.15, -0.1) is 0 Å². The lowest BCUT2D eigenvalue weighted by atomic mass is 9.96. The molecule has 0 bridgehead atoms. The van der Waals surface area contributed by atoms with Gasteiger partial charge in [0.15, 0.2) is 0 Å². The van der Waals surface area contributed by atoms with Crippen molar-refractivity contribution in [2.24, 2.45) is 5.92 Å². The molecule has 28 heavy (non-hydrogen) atoms. The Bertz CT molecular complexity index is 818. The number of hydrogen-bond donors (Lipinski definition) is 0. The summed E-state index contributed by atoms with van der Waals surface area (Å²) in [4.78, 5) is 26.5. The molecule has 0 unspecified atom stereocenters. The number of aromatic nitrogens is 1. The number of esters is 1. The Labute approximate surface area is 164 Å². The molecule has 2 aromatic rings. The number of hydrogen-bond acceptors (Lipinski definition) is 6. The third kappa shape index (κ3) is 4.52. The van der Waals surface area contributed by atoms with Gasteiger partial charge >= 0.3 is 5.97 Å². The molecule has 0 N–H and O–H groups in total. The number of ether oxygens (including phenoxy) is 2. The van der Waals surface area contributed by atoms with Crippen LogP contribution < -0.4 is 4.74 Å². The van der Waals surface area contributed by atoms with Crippen LogP contribution in [0.25, 0.3) is 0 Å². The number of carbonyl (C=O) groups excluding carboxylic acids is 2. The molecule has 0 spiro atoms. The fourth-order valence-corrected chi connectivity index (χ4v) is 3.34.